The van der Waals surface area contributed by atoms with Crippen LogP contribution in [0.1, 0.15) is 20.7 Å². The molecule has 32 heavy (non-hydrogen) atoms. The Kier molecular flexibility index (Phi) is 6.12. The molecule has 0 amide bonds. The Morgan fingerprint density at radius 1 is 0.812 bits per heavy atom. The predicted molar refractivity (Wildman–Crippen MR) is 121 cm³/mol. The molecule has 0 aliphatic carbocycles. The highest BCUT2D eigenvalue weighted by atomic mass is 16.5. The maximum Gasteiger partial charge on any atom is 0.339 e. The fourth-order valence-corrected chi connectivity index (χ4v) is 3.42. The van der Waals surface area contributed by atoms with Crippen molar-refractivity contribution < 1.29 is 23.8 Å². The minimum Gasteiger partial charge on any atom is -0.497 e. The van der Waals surface area contributed by atoms with E-state index in [1.165, 1.54) is 14.2 Å². The van der Waals surface area contributed by atoms with Crippen LogP contribution in [0.25, 0.3) is 22.2 Å². The van der Waals surface area contributed by atoms with Gasteiger partial charge in [-0.3, -0.25) is 4.79 Å². The summed E-state index contributed by atoms with van der Waals surface area (Å²) in [5, 5.41) is 0.659. The molecule has 0 unspecified atom stereocenters. The van der Waals surface area contributed by atoms with Crippen LogP contribution in [0.2, 0.25) is 0 Å². The number of benzene rings is 3. The number of ketones is 1. The van der Waals surface area contributed by atoms with Crippen molar-refractivity contribution >= 4 is 22.7 Å². The minimum atomic E-state index is -0.596. The van der Waals surface area contributed by atoms with Crippen molar-refractivity contribution in [3.8, 4) is 22.8 Å². The van der Waals surface area contributed by atoms with E-state index in [1.54, 1.807) is 24.3 Å². The molecule has 4 rings (SSSR count). The van der Waals surface area contributed by atoms with Crippen LogP contribution in [0, 0.1) is 0 Å². The van der Waals surface area contributed by atoms with E-state index < -0.39 is 12.6 Å². The molecule has 0 atom stereocenters. The molecule has 160 valence electrons. The first-order chi connectivity index (χ1) is 15.6. The smallest absolute Gasteiger partial charge is 0.339 e. The number of nitrogens with zero attached hydrogens (tertiary/aromatic N) is 1. The topological polar surface area (TPSA) is 74.7 Å². The summed E-state index contributed by atoms with van der Waals surface area (Å²) in [6.45, 7) is -0.418. The Morgan fingerprint density at radius 3 is 2.31 bits per heavy atom. The summed E-state index contributed by atoms with van der Waals surface area (Å²) in [6.07, 6.45) is 0. The third kappa shape index (κ3) is 4.30. The second kappa shape index (κ2) is 9.31. The maximum atomic E-state index is 13.0. The molecule has 0 radical (unpaired) electrons. The number of fused-ring (bicyclic) bond motifs is 1. The molecule has 0 aliphatic rings. The summed E-state index contributed by atoms with van der Waals surface area (Å²) in [5.74, 6) is -0.0562. The van der Waals surface area contributed by atoms with Gasteiger partial charge in [0.25, 0.3) is 0 Å². The summed E-state index contributed by atoms with van der Waals surface area (Å²) in [6, 6.07) is 23.5. The summed E-state index contributed by atoms with van der Waals surface area (Å²) in [4.78, 5) is 30.3. The monoisotopic (exact) mass is 427 g/mol. The molecule has 1 heterocycles. The standard InChI is InChI=1S/C26H21NO5/c1-30-18-12-13-20(25(14-18)31-2)24(28)16-32-26(29)21-15-23(17-8-4-3-5-9-17)27-22-11-7-6-10-19(21)22/h3-15H,16H2,1-2H3. The van der Waals surface area contributed by atoms with E-state index in [0.717, 1.165) is 5.56 Å². The molecule has 6 heteroatoms. The van der Waals surface area contributed by atoms with Crippen LogP contribution in [0.5, 0.6) is 11.5 Å². The number of rotatable bonds is 7. The number of hydrogen-bond acceptors (Lipinski definition) is 6. The molecule has 0 fully saturated rings. The van der Waals surface area contributed by atoms with Crippen LogP contribution in [0.4, 0.5) is 0 Å². The van der Waals surface area contributed by atoms with Gasteiger partial charge in [-0.15, -0.1) is 0 Å². The Morgan fingerprint density at radius 2 is 1.56 bits per heavy atom. The molecule has 0 saturated heterocycles. The zero-order valence-electron chi connectivity index (χ0n) is 17.7. The molecule has 0 aliphatic heterocycles. The molecule has 1 aromatic heterocycles. The Hall–Kier alpha value is -4.19. The summed E-state index contributed by atoms with van der Waals surface area (Å²) in [5.41, 5.74) is 2.87. The normalized spacial score (nSPS) is 10.6. The van der Waals surface area contributed by atoms with Crippen molar-refractivity contribution in [2.75, 3.05) is 20.8 Å². The van der Waals surface area contributed by atoms with Crippen LogP contribution in [-0.4, -0.2) is 37.6 Å². The first kappa shape index (κ1) is 21.1. The fourth-order valence-electron chi connectivity index (χ4n) is 3.42. The number of ether oxygens (including phenoxy) is 3. The molecule has 0 saturated carbocycles. The van der Waals surface area contributed by atoms with Gasteiger partial charge in [0.15, 0.2) is 6.61 Å². The van der Waals surface area contributed by atoms with Crippen LogP contribution in [-0.2, 0) is 4.74 Å². The lowest BCUT2D eigenvalue weighted by atomic mass is 10.0. The van der Waals surface area contributed by atoms with Gasteiger partial charge in [0.2, 0.25) is 5.78 Å². The number of Topliss-reactive ketones (excluding diaryl/α,β-unsaturated/α-hetero) is 1. The Balaban J connectivity index is 1.61. The van der Waals surface area contributed by atoms with Crippen molar-refractivity contribution in [1.29, 1.82) is 0 Å². The molecule has 4 aromatic rings. The predicted octanol–water partition coefficient (Wildman–Crippen LogP) is 4.96. The number of pyridine rings is 1. The highest BCUT2D eigenvalue weighted by Gasteiger charge is 2.19. The van der Waals surface area contributed by atoms with Crippen molar-refractivity contribution in [3.05, 3.63) is 90.0 Å². The zero-order chi connectivity index (χ0) is 22.5. The Labute approximate surface area is 185 Å². The second-order valence-corrected chi connectivity index (χ2v) is 7.00. The quantitative estimate of drug-likeness (QED) is 0.307. The van der Waals surface area contributed by atoms with Gasteiger partial charge in [-0.25, -0.2) is 9.78 Å². The van der Waals surface area contributed by atoms with E-state index in [4.69, 9.17) is 14.2 Å². The molecular weight excluding hydrogens is 406 g/mol. The lowest BCUT2D eigenvalue weighted by molar-refractivity contribution is 0.0476. The molecule has 0 N–H and O–H groups in total. The van der Waals surface area contributed by atoms with Crippen LogP contribution >= 0.6 is 0 Å². The van der Waals surface area contributed by atoms with E-state index >= 15 is 0 Å². The minimum absolute atomic E-state index is 0.311. The second-order valence-electron chi connectivity index (χ2n) is 7.00. The highest BCUT2D eigenvalue weighted by Crippen LogP contribution is 2.27. The Bertz CT molecular complexity index is 1280. The summed E-state index contributed by atoms with van der Waals surface area (Å²) >= 11 is 0. The fraction of sp³-hybridized carbons (Fsp3) is 0.115. The van der Waals surface area contributed by atoms with Gasteiger partial charge in [0, 0.05) is 17.0 Å². The zero-order valence-corrected chi connectivity index (χ0v) is 17.7. The van der Waals surface area contributed by atoms with Gasteiger partial charge in [-0.2, -0.15) is 0 Å². The van der Waals surface area contributed by atoms with Crippen LogP contribution in [0.3, 0.4) is 0 Å². The number of esters is 1. The lowest BCUT2D eigenvalue weighted by Gasteiger charge is -2.11. The van der Waals surface area contributed by atoms with Gasteiger partial charge < -0.3 is 14.2 Å². The maximum absolute atomic E-state index is 13.0. The third-order valence-corrected chi connectivity index (χ3v) is 5.05. The molecule has 0 bridgehead atoms. The third-order valence-electron chi connectivity index (χ3n) is 5.05. The molecular formula is C26H21NO5. The van der Waals surface area contributed by atoms with Gasteiger partial charge in [0.05, 0.1) is 36.6 Å². The van der Waals surface area contributed by atoms with Gasteiger partial charge in [-0.1, -0.05) is 48.5 Å². The number of methoxy groups -OCH3 is 2. The van der Waals surface area contributed by atoms with Gasteiger partial charge >= 0.3 is 5.97 Å². The number of aromatic nitrogens is 1. The summed E-state index contributed by atoms with van der Waals surface area (Å²) in [7, 11) is 2.99. The van der Waals surface area contributed by atoms with Crippen LogP contribution in [0.15, 0.2) is 78.9 Å². The largest absolute Gasteiger partial charge is 0.497 e. The number of carbonyl (C=O) groups excluding carboxylic acids is 2. The number of para-hydroxylation sites is 1. The van der Waals surface area contributed by atoms with E-state index in [-0.39, 0.29) is 5.78 Å². The first-order valence-electron chi connectivity index (χ1n) is 9.98. The number of hydrogen-bond donors (Lipinski definition) is 0. The van der Waals surface area contributed by atoms with E-state index in [1.807, 2.05) is 54.6 Å². The molecule has 0 spiro atoms. The molecule has 3 aromatic carbocycles. The van der Waals surface area contributed by atoms with E-state index in [2.05, 4.69) is 4.98 Å². The highest BCUT2D eigenvalue weighted by molar-refractivity contribution is 6.06. The number of carbonyl (C=O) groups is 2. The van der Waals surface area contributed by atoms with Crippen molar-refractivity contribution in [2.45, 2.75) is 0 Å². The van der Waals surface area contributed by atoms with Gasteiger partial charge in [-0.05, 0) is 24.3 Å². The average Bonchev–Trinajstić information content (AvgIpc) is 2.86. The SMILES string of the molecule is COc1ccc(C(=O)COC(=O)c2cc(-c3ccccc3)nc3ccccc23)c(OC)c1. The molecule has 6 nitrogen and oxygen atoms in total. The van der Waals surface area contributed by atoms with Crippen molar-refractivity contribution in [2.24, 2.45) is 0 Å². The van der Waals surface area contributed by atoms with Crippen molar-refractivity contribution in [3.63, 3.8) is 0 Å². The van der Waals surface area contributed by atoms with Crippen molar-refractivity contribution in [1.82, 2.24) is 4.98 Å². The first-order valence-corrected chi connectivity index (χ1v) is 9.98. The van der Waals surface area contributed by atoms with E-state index in [0.29, 0.717) is 39.2 Å². The van der Waals surface area contributed by atoms with Crippen LogP contribution < -0.4 is 9.47 Å². The lowest BCUT2D eigenvalue weighted by Crippen LogP contribution is -2.15. The average molecular weight is 427 g/mol. The summed E-state index contributed by atoms with van der Waals surface area (Å²) < 4.78 is 15.8. The van der Waals surface area contributed by atoms with E-state index in [9.17, 15) is 9.59 Å². The van der Waals surface area contributed by atoms with Gasteiger partial charge in [0.1, 0.15) is 11.5 Å².